The van der Waals surface area contributed by atoms with E-state index in [0.29, 0.717) is 13.1 Å². The largest absolute Gasteiger partial charge is 0.367 e. The molecule has 0 fully saturated rings. The molecule has 0 bridgehead atoms. The molecule has 3 rings (SSSR count). The molecular formula is C19H20N4O2S. The van der Waals surface area contributed by atoms with Crippen LogP contribution in [0.4, 0.5) is 5.82 Å². The van der Waals surface area contributed by atoms with Crippen molar-refractivity contribution in [1.82, 2.24) is 15.0 Å². The van der Waals surface area contributed by atoms with Crippen LogP contribution in [0.15, 0.2) is 54.6 Å². The summed E-state index contributed by atoms with van der Waals surface area (Å²) in [7, 11) is 0. The van der Waals surface area contributed by atoms with Crippen LogP contribution in [0.25, 0.3) is 10.1 Å². The lowest BCUT2D eigenvalue weighted by Crippen LogP contribution is -2.41. The normalized spacial score (nSPS) is 11.7. The fourth-order valence-corrected chi connectivity index (χ4v) is 3.39. The quantitative estimate of drug-likeness (QED) is 0.560. The van der Waals surface area contributed by atoms with Gasteiger partial charge in [-0.1, -0.05) is 42.5 Å². The van der Waals surface area contributed by atoms with Crippen molar-refractivity contribution in [2.45, 2.75) is 13.0 Å². The number of rotatable bonds is 7. The summed E-state index contributed by atoms with van der Waals surface area (Å²) in [5.74, 6) is 0.332. The summed E-state index contributed by atoms with van der Waals surface area (Å²) in [5, 5.41) is 9.86. The number of aromatic nitrogens is 1. The van der Waals surface area contributed by atoms with Gasteiger partial charge < -0.3 is 16.0 Å². The average Bonchev–Trinajstić information content (AvgIpc) is 3.07. The second-order valence-electron chi connectivity index (χ2n) is 5.79. The zero-order valence-corrected chi connectivity index (χ0v) is 15.2. The average molecular weight is 368 g/mol. The third-order valence-electron chi connectivity index (χ3n) is 3.84. The standard InChI is InChI=1S/C19H20N4O2S/c1-13(24)22-17(14-7-3-2-4-8-14)19(25)21-12-11-20-18-15-9-5-6-10-16(15)26-23-18/h2-10,17H,11-12H2,1H3,(H,20,23)(H,21,25)(H,22,24)/t17-/m1/s1. The fraction of sp³-hybridized carbons (Fsp3) is 0.211. The van der Waals surface area contributed by atoms with E-state index >= 15 is 0 Å². The van der Waals surface area contributed by atoms with E-state index in [2.05, 4.69) is 20.3 Å². The molecule has 0 aliphatic heterocycles. The SMILES string of the molecule is CC(=O)N[C@@H](C(=O)NCCNc1nsc2ccccc12)c1ccccc1. The second-order valence-corrected chi connectivity index (χ2v) is 6.59. The number of anilines is 1. The second kappa shape index (κ2) is 8.44. The van der Waals surface area contributed by atoms with Gasteiger partial charge in [0.1, 0.15) is 11.9 Å². The molecule has 2 aromatic carbocycles. The molecule has 1 heterocycles. The summed E-state index contributed by atoms with van der Waals surface area (Å²) in [6.45, 7) is 2.37. The van der Waals surface area contributed by atoms with Crippen LogP contribution >= 0.6 is 11.5 Å². The van der Waals surface area contributed by atoms with Gasteiger partial charge in [0, 0.05) is 25.4 Å². The Hall–Kier alpha value is -2.93. The predicted molar refractivity (Wildman–Crippen MR) is 104 cm³/mol. The molecule has 0 aliphatic carbocycles. The molecule has 0 aliphatic rings. The van der Waals surface area contributed by atoms with Gasteiger partial charge in [-0.05, 0) is 29.2 Å². The summed E-state index contributed by atoms with van der Waals surface area (Å²) >= 11 is 1.44. The number of carbonyl (C=O) groups excluding carboxylic acids is 2. The van der Waals surface area contributed by atoms with Crippen LogP contribution in [0.1, 0.15) is 18.5 Å². The van der Waals surface area contributed by atoms with Gasteiger partial charge >= 0.3 is 0 Å². The van der Waals surface area contributed by atoms with E-state index in [1.807, 2.05) is 54.6 Å². The molecule has 0 spiro atoms. The maximum absolute atomic E-state index is 12.5. The lowest BCUT2D eigenvalue weighted by molar-refractivity contribution is -0.128. The van der Waals surface area contributed by atoms with Gasteiger partial charge in [0.05, 0.1) is 4.70 Å². The first-order valence-electron chi connectivity index (χ1n) is 8.33. The van der Waals surface area contributed by atoms with E-state index in [9.17, 15) is 9.59 Å². The van der Waals surface area contributed by atoms with Crippen LogP contribution in [-0.4, -0.2) is 29.3 Å². The van der Waals surface area contributed by atoms with Gasteiger partial charge in [-0.15, -0.1) is 0 Å². The predicted octanol–water partition coefficient (Wildman–Crippen LogP) is 2.70. The fourth-order valence-electron chi connectivity index (χ4n) is 2.63. The number of nitrogens with zero attached hydrogens (tertiary/aromatic N) is 1. The Morgan fingerprint density at radius 2 is 1.77 bits per heavy atom. The van der Waals surface area contributed by atoms with Crippen molar-refractivity contribution < 1.29 is 9.59 Å². The molecule has 6 nitrogen and oxygen atoms in total. The zero-order valence-electron chi connectivity index (χ0n) is 14.4. The Morgan fingerprint density at radius 1 is 1.04 bits per heavy atom. The number of nitrogens with one attached hydrogen (secondary N) is 3. The number of benzene rings is 2. The molecule has 0 saturated carbocycles. The summed E-state index contributed by atoms with van der Waals surface area (Å²) in [6, 6.07) is 16.5. The number of carbonyl (C=O) groups is 2. The van der Waals surface area contributed by atoms with Crippen molar-refractivity contribution in [2.24, 2.45) is 0 Å². The Morgan fingerprint density at radius 3 is 2.54 bits per heavy atom. The molecule has 7 heteroatoms. The van der Waals surface area contributed by atoms with Crippen LogP contribution in [0.3, 0.4) is 0 Å². The maximum Gasteiger partial charge on any atom is 0.247 e. The first kappa shape index (κ1) is 17.9. The van der Waals surface area contributed by atoms with E-state index in [-0.39, 0.29) is 11.8 Å². The summed E-state index contributed by atoms with van der Waals surface area (Å²) in [5.41, 5.74) is 0.749. The molecular weight excluding hydrogens is 348 g/mol. The maximum atomic E-state index is 12.5. The van der Waals surface area contributed by atoms with Gasteiger partial charge in [0.25, 0.3) is 0 Å². The van der Waals surface area contributed by atoms with Gasteiger partial charge in [0.2, 0.25) is 11.8 Å². The Balaban J connectivity index is 1.56. The summed E-state index contributed by atoms with van der Waals surface area (Å²) < 4.78 is 5.51. The van der Waals surface area contributed by atoms with Crippen LogP contribution in [0.5, 0.6) is 0 Å². The number of fused-ring (bicyclic) bond motifs is 1. The number of hydrogen-bond donors (Lipinski definition) is 3. The number of hydrogen-bond acceptors (Lipinski definition) is 5. The number of amides is 2. The van der Waals surface area contributed by atoms with Crippen LogP contribution < -0.4 is 16.0 Å². The molecule has 3 aromatic rings. The van der Waals surface area contributed by atoms with E-state index in [0.717, 1.165) is 21.5 Å². The molecule has 1 aromatic heterocycles. The van der Waals surface area contributed by atoms with Crippen molar-refractivity contribution >= 4 is 39.3 Å². The molecule has 0 unspecified atom stereocenters. The minimum absolute atomic E-state index is 0.240. The first-order valence-corrected chi connectivity index (χ1v) is 9.10. The molecule has 0 radical (unpaired) electrons. The van der Waals surface area contributed by atoms with Gasteiger partial charge in [-0.25, -0.2) is 0 Å². The first-order chi connectivity index (χ1) is 12.6. The third-order valence-corrected chi connectivity index (χ3v) is 4.66. The highest BCUT2D eigenvalue weighted by atomic mass is 32.1. The minimum Gasteiger partial charge on any atom is -0.367 e. The molecule has 2 amide bonds. The third kappa shape index (κ3) is 4.37. The minimum atomic E-state index is -0.700. The van der Waals surface area contributed by atoms with Crippen molar-refractivity contribution in [3.63, 3.8) is 0 Å². The highest BCUT2D eigenvalue weighted by Gasteiger charge is 2.20. The van der Waals surface area contributed by atoms with Crippen molar-refractivity contribution in [3.05, 3.63) is 60.2 Å². The van der Waals surface area contributed by atoms with Crippen molar-refractivity contribution in [2.75, 3.05) is 18.4 Å². The molecule has 26 heavy (non-hydrogen) atoms. The van der Waals surface area contributed by atoms with E-state index < -0.39 is 6.04 Å². The van der Waals surface area contributed by atoms with Crippen LogP contribution in [0.2, 0.25) is 0 Å². The topological polar surface area (TPSA) is 83.1 Å². The van der Waals surface area contributed by atoms with Crippen LogP contribution in [0, 0.1) is 0 Å². The molecule has 134 valence electrons. The Labute approximate surface area is 155 Å². The van der Waals surface area contributed by atoms with Gasteiger partial charge in [-0.3, -0.25) is 9.59 Å². The van der Waals surface area contributed by atoms with Gasteiger partial charge in [-0.2, -0.15) is 4.37 Å². The molecule has 0 saturated heterocycles. The van der Waals surface area contributed by atoms with Gasteiger partial charge in [0.15, 0.2) is 0 Å². The Bertz CT molecular complexity index is 895. The smallest absolute Gasteiger partial charge is 0.247 e. The van der Waals surface area contributed by atoms with Crippen molar-refractivity contribution in [1.29, 1.82) is 0 Å². The summed E-state index contributed by atoms with van der Waals surface area (Å²) in [6.07, 6.45) is 0. The lowest BCUT2D eigenvalue weighted by Gasteiger charge is -2.18. The van der Waals surface area contributed by atoms with Crippen LogP contribution in [-0.2, 0) is 9.59 Å². The highest BCUT2D eigenvalue weighted by molar-refractivity contribution is 7.13. The van der Waals surface area contributed by atoms with Crippen molar-refractivity contribution in [3.8, 4) is 0 Å². The Kier molecular flexibility index (Phi) is 5.80. The van der Waals surface area contributed by atoms with E-state index in [1.165, 1.54) is 18.5 Å². The monoisotopic (exact) mass is 368 g/mol. The summed E-state index contributed by atoms with van der Waals surface area (Å²) in [4.78, 5) is 23.9. The zero-order chi connectivity index (χ0) is 18.4. The lowest BCUT2D eigenvalue weighted by atomic mass is 10.1. The van der Waals surface area contributed by atoms with E-state index in [1.54, 1.807) is 0 Å². The molecule has 3 N–H and O–H groups in total. The van der Waals surface area contributed by atoms with E-state index in [4.69, 9.17) is 0 Å². The molecule has 1 atom stereocenters. The highest BCUT2D eigenvalue weighted by Crippen LogP contribution is 2.25.